The van der Waals surface area contributed by atoms with E-state index in [0.717, 1.165) is 12.1 Å². The summed E-state index contributed by atoms with van der Waals surface area (Å²) in [6, 6.07) is 0. The summed E-state index contributed by atoms with van der Waals surface area (Å²) in [6.45, 7) is 2.19. The number of unbranched alkanes of at least 4 members (excludes halogenated alkanes) is 2. The van der Waals surface area contributed by atoms with Crippen LogP contribution in [0.3, 0.4) is 0 Å². The second-order valence-electron chi connectivity index (χ2n) is 3.79. The molecule has 1 fully saturated rings. The summed E-state index contributed by atoms with van der Waals surface area (Å²) in [7, 11) is 0. The smallest absolute Gasteiger partial charge is 0.0123 e. The molecular formula is C11H20N. The minimum atomic E-state index is 0.637. The average molecular weight is 166 g/mol. The number of nitrogens with one attached hydrogen (secondary N) is 1. The molecule has 0 aromatic rings. The van der Waals surface area contributed by atoms with E-state index >= 15 is 0 Å². The zero-order valence-corrected chi connectivity index (χ0v) is 8.10. The van der Waals surface area contributed by atoms with Crippen LogP contribution in [0.4, 0.5) is 0 Å². The fourth-order valence-electron chi connectivity index (χ4n) is 1.90. The summed E-state index contributed by atoms with van der Waals surface area (Å²) in [5.41, 5.74) is 0.987. The zero-order valence-electron chi connectivity index (χ0n) is 8.10. The molecule has 0 unspecified atom stereocenters. The van der Waals surface area contributed by atoms with E-state index < -0.39 is 0 Å². The van der Waals surface area contributed by atoms with Crippen LogP contribution in [0.25, 0.3) is 0 Å². The molecule has 1 N–H and O–H groups in total. The Bertz CT molecular complexity index is 134. The predicted octanol–water partition coefficient (Wildman–Crippen LogP) is 3.59. The topological polar surface area (TPSA) is 23.9 Å². The van der Waals surface area contributed by atoms with E-state index in [1.807, 2.05) is 0 Å². The highest BCUT2D eigenvalue weighted by Crippen LogP contribution is 2.26. The summed E-state index contributed by atoms with van der Waals surface area (Å²) >= 11 is 0. The molecule has 0 spiro atoms. The second-order valence-corrected chi connectivity index (χ2v) is 3.79. The molecule has 1 rings (SSSR count). The first-order chi connectivity index (χ1) is 5.84. The highest BCUT2D eigenvalue weighted by molar-refractivity contribution is 5.84. The van der Waals surface area contributed by atoms with Crippen molar-refractivity contribution in [2.24, 2.45) is 5.92 Å². The first-order valence-electron chi connectivity index (χ1n) is 5.23. The van der Waals surface area contributed by atoms with E-state index in [9.17, 15) is 0 Å². The third-order valence-electron chi connectivity index (χ3n) is 2.71. The molecule has 1 radical (unpaired) electrons. The van der Waals surface area contributed by atoms with Gasteiger partial charge in [0.15, 0.2) is 0 Å². The van der Waals surface area contributed by atoms with Crippen LogP contribution in [0.1, 0.15) is 51.9 Å². The van der Waals surface area contributed by atoms with E-state index in [1.54, 1.807) is 0 Å². The maximum atomic E-state index is 7.83. The van der Waals surface area contributed by atoms with Crippen LogP contribution in [-0.2, 0) is 0 Å². The summed E-state index contributed by atoms with van der Waals surface area (Å²) in [4.78, 5) is 0. The normalized spacial score (nSPS) is 18.4. The Morgan fingerprint density at radius 3 is 2.67 bits per heavy atom. The van der Waals surface area contributed by atoms with Crippen molar-refractivity contribution in [2.45, 2.75) is 51.9 Å². The van der Waals surface area contributed by atoms with Gasteiger partial charge in [0.2, 0.25) is 0 Å². The molecule has 0 amide bonds. The van der Waals surface area contributed by atoms with Crippen LogP contribution in [0, 0.1) is 17.7 Å². The fourth-order valence-corrected chi connectivity index (χ4v) is 1.90. The minimum absolute atomic E-state index is 0.637. The molecule has 0 aliphatic heterocycles. The third-order valence-corrected chi connectivity index (χ3v) is 2.71. The first-order valence-corrected chi connectivity index (χ1v) is 5.23. The van der Waals surface area contributed by atoms with Crippen LogP contribution < -0.4 is 0 Å². The predicted molar refractivity (Wildman–Crippen MR) is 53.5 cm³/mol. The average Bonchev–Trinajstić information content (AvgIpc) is 2.56. The van der Waals surface area contributed by atoms with Crippen molar-refractivity contribution in [2.75, 3.05) is 0 Å². The van der Waals surface area contributed by atoms with Crippen molar-refractivity contribution in [3.8, 4) is 0 Å². The molecule has 0 atom stereocenters. The molecule has 1 saturated carbocycles. The Balaban J connectivity index is 2.10. The highest BCUT2D eigenvalue weighted by atomic mass is 14.5. The van der Waals surface area contributed by atoms with E-state index in [2.05, 4.69) is 13.3 Å². The molecule has 0 saturated heterocycles. The summed E-state index contributed by atoms with van der Waals surface area (Å²) in [5.74, 6) is 0.637. The van der Waals surface area contributed by atoms with Gasteiger partial charge in [-0.05, 0) is 31.6 Å². The van der Waals surface area contributed by atoms with E-state index in [4.69, 9.17) is 5.41 Å². The van der Waals surface area contributed by atoms with Gasteiger partial charge in [0.25, 0.3) is 0 Å². The third kappa shape index (κ3) is 2.96. The lowest BCUT2D eigenvalue weighted by Gasteiger charge is -2.09. The van der Waals surface area contributed by atoms with Gasteiger partial charge in [0.1, 0.15) is 0 Å². The molecule has 69 valence electrons. The van der Waals surface area contributed by atoms with Gasteiger partial charge in [-0.1, -0.05) is 32.6 Å². The van der Waals surface area contributed by atoms with Gasteiger partial charge in [-0.15, -0.1) is 0 Å². The van der Waals surface area contributed by atoms with Crippen LogP contribution in [0.15, 0.2) is 0 Å². The molecule has 0 aromatic carbocycles. The standard InChI is InChI=1S/C11H20N/c1-2-3-4-9-11(12)10-7-5-6-8-10/h4,10,12H,2-3,5-9H2,1H3. The van der Waals surface area contributed by atoms with Crippen LogP contribution >= 0.6 is 0 Å². The minimum Gasteiger partial charge on any atom is -0.309 e. The van der Waals surface area contributed by atoms with Gasteiger partial charge in [-0.3, -0.25) is 0 Å². The number of hydrogen-bond donors (Lipinski definition) is 1. The Morgan fingerprint density at radius 2 is 2.08 bits per heavy atom. The van der Waals surface area contributed by atoms with Crippen molar-refractivity contribution < 1.29 is 0 Å². The van der Waals surface area contributed by atoms with E-state index in [-0.39, 0.29) is 0 Å². The summed E-state index contributed by atoms with van der Waals surface area (Å²) < 4.78 is 0. The van der Waals surface area contributed by atoms with Crippen molar-refractivity contribution in [3.63, 3.8) is 0 Å². The van der Waals surface area contributed by atoms with Gasteiger partial charge in [-0.2, -0.15) is 0 Å². The quantitative estimate of drug-likeness (QED) is 0.476. The lowest BCUT2D eigenvalue weighted by atomic mass is 9.97. The van der Waals surface area contributed by atoms with Gasteiger partial charge < -0.3 is 5.41 Å². The number of hydrogen-bond acceptors (Lipinski definition) is 1. The van der Waals surface area contributed by atoms with Gasteiger partial charge in [0.05, 0.1) is 0 Å². The molecule has 1 aliphatic rings. The van der Waals surface area contributed by atoms with Gasteiger partial charge in [0, 0.05) is 5.71 Å². The SMILES string of the molecule is CCC[CH]CC(=N)C1CCCC1. The van der Waals surface area contributed by atoms with Crippen LogP contribution in [0.2, 0.25) is 0 Å². The largest absolute Gasteiger partial charge is 0.309 e. The van der Waals surface area contributed by atoms with E-state index in [0.29, 0.717) is 5.92 Å². The second kappa shape index (κ2) is 5.34. The monoisotopic (exact) mass is 166 g/mol. The van der Waals surface area contributed by atoms with Crippen molar-refractivity contribution in [1.29, 1.82) is 5.41 Å². The number of rotatable bonds is 5. The van der Waals surface area contributed by atoms with Gasteiger partial charge >= 0.3 is 0 Å². The zero-order chi connectivity index (χ0) is 8.81. The van der Waals surface area contributed by atoms with E-state index in [1.165, 1.54) is 38.5 Å². The summed E-state index contributed by atoms with van der Waals surface area (Å²) in [5, 5.41) is 7.83. The molecule has 1 heteroatoms. The fraction of sp³-hybridized carbons (Fsp3) is 0.818. The molecule has 1 aliphatic carbocycles. The molecule has 0 heterocycles. The van der Waals surface area contributed by atoms with Crippen LogP contribution in [0.5, 0.6) is 0 Å². The lowest BCUT2D eigenvalue weighted by Crippen LogP contribution is -2.09. The highest BCUT2D eigenvalue weighted by Gasteiger charge is 2.18. The van der Waals surface area contributed by atoms with Crippen molar-refractivity contribution in [3.05, 3.63) is 6.42 Å². The Hall–Kier alpha value is -0.330. The van der Waals surface area contributed by atoms with Crippen molar-refractivity contribution >= 4 is 5.71 Å². The lowest BCUT2D eigenvalue weighted by molar-refractivity contribution is 0.706. The first kappa shape index (κ1) is 9.76. The Labute approximate surface area is 76.1 Å². The maximum Gasteiger partial charge on any atom is 0.0123 e. The molecule has 12 heavy (non-hydrogen) atoms. The molecular weight excluding hydrogens is 146 g/mol. The van der Waals surface area contributed by atoms with Crippen molar-refractivity contribution in [1.82, 2.24) is 0 Å². The van der Waals surface area contributed by atoms with Crippen LogP contribution in [-0.4, -0.2) is 5.71 Å². The molecule has 1 nitrogen and oxygen atoms in total. The van der Waals surface area contributed by atoms with Gasteiger partial charge in [-0.25, -0.2) is 0 Å². The molecule has 0 bridgehead atoms. The maximum absolute atomic E-state index is 7.83. The Kier molecular flexibility index (Phi) is 4.34. The molecule has 0 aromatic heterocycles. The summed E-state index contributed by atoms with van der Waals surface area (Å²) in [6.07, 6.45) is 10.9. The Morgan fingerprint density at radius 1 is 1.42 bits per heavy atom.